The van der Waals surface area contributed by atoms with Crippen molar-refractivity contribution < 1.29 is 38.9 Å². The van der Waals surface area contributed by atoms with E-state index in [2.05, 4.69) is 23.6 Å². The molecule has 41 heavy (non-hydrogen) atoms. The Balaban J connectivity index is 0.000000671. The van der Waals surface area contributed by atoms with E-state index >= 15 is 0 Å². The fraction of sp³-hybridized carbons (Fsp3) is 0.600. The van der Waals surface area contributed by atoms with Gasteiger partial charge in [0.2, 0.25) is 0 Å². The van der Waals surface area contributed by atoms with Gasteiger partial charge in [-0.25, -0.2) is 0 Å². The molecule has 0 aliphatic carbocycles. The van der Waals surface area contributed by atoms with E-state index in [0.29, 0.717) is 12.8 Å². The zero-order chi connectivity index (χ0) is 32.0. The van der Waals surface area contributed by atoms with Gasteiger partial charge in [-0.2, -0.15) is 0 Å². The Morgan fingerprint density at radius 2 is 1.07 bits per heavy atom. The largest absolute Gasteiger partial charge is 0.790 e. The van der Waals surface area contributed by atoms with E-state index in [0.717, 1.165) is 35.7 Å². The lowest BCUT2D eigenvalue weighted by Gasteiger charge is -2.35. The van der Waals surface area contributed by atoms with E-state index in [1.165, 1.54) is 0 Å². The zero-order valence-electron chi connectivity index (χ0n) is 26.3. The maximum atomic E-state index is 10.9. The predicted molar refractivity (Wildman–Crippen MR) is 160 cm³/mol. The summed E-state index contributed by atoms with van der Waals surface area (Å²) in [5.41, 5.74) is 0.245. The van der Waals surface area contributed by atoms with E-state index in [9.17, 15) is 10.2 Å². The van der Waals surface area contributed by atoms with E-state index in [-0.39, 0.29) is 11.8 Å². The number of hydrogen-bond acceptors (Lipinski definition) is 9. The first-order valence-electron chi connectivity index (χ1n) is 13.7. The monoisotopic (exact) mass is 598 g/mol. The fourth-order valence-corrected chi connectivity index (χ4v) is 4.86. The van der Waals surface area contributed by atoms with Gasteiger partial charge in [-0.3, -0.25) is 0 Å². The molecule has 0 aromatic heterocycles. The summed E-state index contributed by atoms with van der Waals surface area (Å²) >= 11 is 0. The van der Waals surface area contributed by atoms with Crippen molar-refractivity contribution >= 4 is 7.82 Å². The van der Waals surface area contributed by atoms with E-state index in [1.807, 2.05) is 90.6 Å². The van der Waals surface area contributed by atoms with Gasteiger partial charge in [0.1, 0.15) is 11.5 Å². The van der Waals surface area contributed by atoms with Crippen molar-refractivity contribution in [2.24, 2.45) is 11.8 Å². The summed E-state index contributed by atoms with van der Waals surface area (Å²) in [5.74, 6) is 1.89. The van der Waals surface area contributed by atoms with Crippen molar-refractivity contribution in [3.63, 3.8) is 0 Å². The molecule has 2 aromatic carbocycles. The van der Waals surface area contributed by atoms with Crippen molar-refractivity contribution in [3.8, 4) is 11.5 Å². The first-order chi connectivity index (χ1) is 18.9. The summed E-state index contributed by atoms with van der Waals surface area (Å²) in [5, 5.41) is 21.9. The summed E-state index contributed by atoms with van der Waals surface area (Å²) in [6, 6.07) is 15.4. The molecular formula is C30H51N2O8P-2. The Bertz CT molecular complexity index is 983. The van der Waals surface area contributed by atoms with Crippen LogP contribution in [0.15, 0.2) is 48.5 Å². The second-order valence-corrected chi connectivity index (χ2v) is 11.8. The first-order valence-corrected chi connectivity index (χ1v) is 15.1. The van der Waals surface area contributed by atoms with Crippen LogP contribution in [-0.2, 0) is 15.8 Å². The summed E-state index contributed by atoms with van der Waals surface area (Å²) in [7, 11) is 6.26. The van der Waals surface area contributed by atoms with Crippen LogP contribution in [0.3, 0.4) is 0 Å². The molecule has 0 saturated heterocycles. The van der Waals surface area contributed by atoms with Gasteiger partial charge in [0, 0.05) is 24.9 Å². The van der Waals surface area contributed by atoms with Crippen molar-refractivity contribution in [1.82, 2.24) is 9.80 Å². The van der Waals surface area contributed by atoms with Crippen LogP contribution >= 0.6 is 7.82 Å². The SMILES string of the molecule is CC[C@](O)(c1cccc(OC)c1)[C@@H](C)CN(C)C.CC[C@](O)(c1cccc(OC)c1)[C@@H](C)CN(C)C.O=P([O-])([O-])O. The molecule has 0 heterocycles. The summed E-state index contributed by atoms with van der Waals surface area (Å²) in [6.45, 7) is 9.91. The summed E-state index contributed by atoms with van der Waals surface area (Å²) in [4.78, 5) is 28.5. The van der Waals surface area contributed by atoms with Gasteiger partial charge in [0.25, 0.3) is 0 Å². The number of methoxy groups -OCH3 is 2. The van der Waals surface area contributed by atoms with Crippen LogP contribution in [0.1, 0.15) is 51.7 Å². The highest BCUT2D eigenvalue weighted by molar-refractivity contribution is 7.42. The molecule has 0 saturated carbocycles. The third-order valence-electron chi connectivity index (χ3n) is 7.13. The number of phosphoric acid groups is 1. The van der Waals surface area contributed by atoms with Gasteiger partial charge in [-0.15, -0.1) is 0 Å². The molecule has 10 nitrogen and oxygen atoms in total. The maximum Gasteiger partial charge on any atom is 0.119 e. The standard InChI is InChI=1S/2C15H25NO2.H3O4P/c2*1-6-15(17,12(2)11-16(3)4)13-8-7-9-14(10-13)18-5;1-5(2,3)4/h2*7-10,12,17H,6,11H2,1-5H3;(H3,1,2,3,4)/p-2/t2*12-,15+;/m00./s1. The number of rotatable bonds is 12. The molecule has 0 unspecified atom stereocenters. The molecule has 0 aliphatic heterocycles. The third kappa shape index (κ3) is 13.7. The molecule has 11 heteroatoms. The number of ether oxygens (including phenoxy) is 2. The van der Waals surface area contributed by atoms with Crippen LogP contribution in [-0.4, -0.2) is 80.4 Å². The smallest absolute Gasteiger partial charge is 0.119 e. The molecule has 0 aliphatic rings. The van der Waals surface area contributed by atoms with Crippen molar-refractivity contribution in [1.29, 1.82) is 0 Å². The van der Waals surface area contributed by atoms with Crippen LogP contribution in [0.5, 0.6) is 11.5 Å². The molecule has 4 atom stereocenters. The quantitative estimate of drug-likeness (QED) is 0.312. The van der Waals surface area contributed by atoms with Crippen molar-refractivity contribution in [2.75, 3.05) is 55.5 Å². The molecule has 0 radical (unpaired) electrons. The molecule has 236 valence electrons. The lowest BCUT2D eigenvalue weighted by Crippen LogP contribution is -2.38. The fourth-order valence-electron chi connectivity index (χ4n) is 4.86. The molecule has 2 rings (SSSR count). The van der Waals surface area contributed by atoms with E-state index < -0.39 is 19.0 Å². The van der Waals surface area contributed by atoms with E-state index in [4.69, 9.17) is 28.7 Å². The Morgan fingerprint density at radius 1 is 0.780 bits per heavy atom. The molecule has 0 spiro atoms. The Kier molecular flexibility index (Phi) is 17.0. The lowest BCUT2D eigenvalue weighted by molar-refractivity contribution is -0.337. The lowest BCUT2D eigenvalue weighted by atomic mass is 9.80. The van der Waals surface area contributed by atoms with Gasteiger partial charge < -0.3 is 48.7 Å². The highest BCUT2D eigenvalue weighted by Gasteiger charge is 2.35. The molecule has 2 aromatic rings. The van der Waals surface area contributed by atoms with Gasteiger partial charge in [0.05, 0.1) is 33.2 Å². The number of nitrogens with zero attached hydrogens (tertiary/aromatic N) is 2. The minimum Gasteiger partial charge on any atom is -0.790 e. The van der Waals surface area contributed by atoms with Gasteiger partial charge in [-0.1, -0.05) is 52.0 Å². The van der Waals surface area contributed by atoms with Crippen molar-refractivity contribution in [3.05, 3.63) is 59.7 Å². The van der Waals surface area contributed by atoms with Gasteiger partial charge in [0.15, 0.2) is 0 Å². The molecule has 3 N–H and O–H groups in total. The second kappa shape index (κ2) is 17.8. The average molecular weight is 599 g/mol. The van der Waals surface area contributed by atoms with Crippen molar-refractivity contribution in [2.45, 2.75) is 51.7 Å². The van der Waals surface area contributed by atoms with Crippen LogP contribution in [0.25, 0.3) is 0 Å². The molecule has 0 fully saturated rings. The van der Waals surface area contributed by atoms with Crippen LogP contribution in [0, 0.1) is 11.8 Å². The first kappa shape index (κ1) is 39.0. The maximum absolute atomic E-state index is 10.9. The highest BCUT2D eigenvalue weighted by Crippen LogP contribution is 2.36. The minimum atomic E-state index is -5.14. The van der Waals surface area contributed by atoms with Gasteiger partial charge in [-0.05, 0) is 76.4 Å². The normalized spacial score (nSPS) is 15.8. The van der Waals surface area contributed by atoms with Crippen LogP contribution in [0.4, 0.5) is 0 Å². The number of hydrogen-bond donors (Lipinski definition) is 3. The number of aliphatic hydroxyl groups is 2. The topological polar surface area (TPSA) is 149 Å². The molecule has 0 bridgehead atoms. The third-order valence-corrected chi connectivity index (χ3v) is 7.13. The highest BCUT2D eigenvalue weighted by atomic mass is 31.2. The second-order valence-electron chi connectivity index (χ2n) is 10.8. The van der Waals surface area contributed by atoms with E-state index in [1.54, 1.807) is 14.2 Å². The Hall–Kier alpha value is -2.01. The van der Waals surface area contributed by atoms with Crippen LogP contribution < -0.4 is 19.3 Å². The van der Waals surface area contributed by atoms with Gasteiger partial charge >= 0.3 is 0 Å². The Labute approximate surface area is 246 Å². The predicted octanol–water partition coefficient (Wildman–Crippen LogP) is 2.79. The summed E-state index contributed by atoms with van der Waals surface area (Å²) < 4.78 is 19.1. The number of benzene rings is 2. The molecular weight excluding hydrogens is 547 g/mol. The average Bonchev–Trinajstić information content (AvgIpc) is 2.90. The zero-order valence-corrected chi connectivity index (χ0v) is 27.2. The summed E-state index contributed by atoms with van der Waals surface area (Å²) in [6.07, 6.45) is 1.38. The Morgan fingerprint density at radius 3 is 1.29 bits per heavy atom. The molecule has 0 amide bonds. The minimum absolute atomic E-state index is 0.157. The van der Waals surface area contributed by atoms with Crippen LogP contribution in [0.2, 0.25) is 0 Å².